The highest BCUT2D eigenvalue weighted by molar-refractivity contribution is 7.16. The first-order chi connectivity index (χ1) is 12.9. The van der Waals surface area contributed by atoms with Gasteiger partial charge < -0.3 is 14.0 Å². The van der Waals surface area contributed by atoms with Crippen molar-refractivity contribution in [2.75, 3.05) is 20.8 Å². The Morgan fingerprint density at radius 2 is 2.07 bits per heavy atom. The predicted molar refractivity (Wildman–Crippen MR) is 105 cm³/mol. The van der Waals surface area contributed by atoms with Gasteiger partial charge in [0.25, 0.3) is 5.91 Å². The lowest BCUT2D eigenvalue weighted by Crippen LogP contribution is -2.20. The zero-order valence-electron chi connectivity index (χ0n) is 16.2. The number of rotatable bonds is 6. The molecule has 0 aliphatic carbocycles. The first-order valence-electron chi connectivity index (χ1n) is 8.76. The van der Waals surface area contributed by atoms with E-state index in [2.05, 4.69) is 10.1 Å². The minimum atomic E-state index is -0.297. The van der Waals surface area contributed by atoms with E-state index in [-0.39, 0.29) is 11.9 Å². The third-order valence-electron chi connectivity index (χ3n) is 4.17. The van der Waals surface area contributed by atoms with E-state index >= 15 is 0 Å². The van der Waals surface area contributed by atoms with Crippen molar-refractivity contribution < 1.29 is 14.3 Å². The monoisotopic (exact) mass is 388 g/mol. The quantitative estimate of drug-likeness (QED) is 0.650. The van der Waals surface area contributed by atoms with E-state index < -0.39 is 0 Å². The van der Waals surface area contributed by atoms with Crippen molar-refractivity contribution in [3.8, 4) is 5.75 Å². The lowest BCUT2D eigenvalue weighted by Gasteiger charge is -2.08. The third kappa shape index (κ3) is 3.96. The molecule has 0 fully saturated rings. The van der Waals surface area contributed by atoms with E-state index in [1.165, 1.54) is 11.3 Å². The summed E-state index contributed by atoms with van der Waals surface area (Å²) in [5.74, 6) is 0.475. The van der Waals surface area contributed by atoms with E-state index in [1.54, 1.807) is 25.0 Å². The highest BCUT2D eigenvalue weighted by atomic mass is 32.1. The molecule has 3 rings (SSSR count). The molecule has 0 aliphatic heterocycles. The Bertz CT molecular complexity index is 1030. The first kappa shape index (κ1) is 19.3. The zero-order valence-corrected chi connectivity index (χ0v) is 17.0. The third-order valence-corrected chi connectivity index (χ3v) is 5.21. The number of ether oxygens (including phenoxy) is 2. The molecule has 27 heavy (non-hydrogen) atoms. The Morgan fingerprint density at radius 1 is 1.30 bits per heavy atom. The molecule has 2 heterocycles. The molecule has 0 bridgehead atoms. The van der Waals surface area contributed by atoms with Gasteiger partial charge in [0, 0.05) is 19.7 Å². The summed E-state index contributed by atoms with van der Waals surface area (Å²) in [7, 11) is 3.29. The summed E-state index contributed by atoms with van der Waals surface area (Å²) in [6, 6.07) is 7.70. The number of nitrogens with zero attached hydrogens (tertiary/aromatic N) is 4. The standard InChI is InChI=1S/C19H24N4O3S/c1-12(2)23-16(10-13(3)21-23)18(24)20-19-22(8-9-25-4)15-7-6-14(26-5)11-17(15)27-19/h6-7,10-12H,8-9H2,1-5H3. The minimum Gasteiger partial charge on any atom is -0.497 e. The van der Waals surface area contributed by atoms with Crippen molar-refractivity contribution in [2.24, 2.45) is 4.99 Å². The van der Waals surface area contributed by atoms with Crippen LogP contribution in [0.15, 0.2) is 29.3 Å². The molecule has 1 amide bonds. The van der Waals surface area contributed by atoms with Crippen molar-refractivity contribution in [2.45, 2.75) is 33.4 Å². The van der Waals surface area contributed by atoms with Crippen molar-refractivity contribution in [1.82, 2.24) is 14.3 Å². The molecule has 3 aromatic rings. The maximum atomic E-state index is 12.9. The van der Waals surface area contributed by atoms with Crippen LogP contribution in [0.3, 0.4) is 0 Å². The lowest BCUT2D eigenvalue weighted by molar-refractivity contribution is 0.0985. The molecule has 0 saturated carbocycles. The Balaban J connectivity index is 2.12. The van der Waals surface area contributed by atoms with Crippen molar-refractivity contribution in [3.63, 3.8) is 0 Å². The van der Waals surface area contributed by atoms with Gasteiger partial charge in [-0.2, -0.15) is 10.1 Å². The molecule has 8 heteroatoms. The Morgan fingerprint density at radius 3 is 2.74 bits per heavy atom. The lowest BCUT2D eigenvalue weighted by atomic mass is 10.3. The molecular weight excluding hydrogens is 364 g/mol. The van der Waals surface area contributed by atoms with Crippen LogP contribution in [0.4, 0.5) is 0 Å². The van der Waals surface area contributed by atoms with Crippen LogP contribution >= 0.6 is 11.3 Å². The predicted octanol–water partition coefficient (Wildman–Crippen LogP) is 3.18. The number of aromatic nitrogens is 3. The number of thiazole rings is 1. The largest absolute Gasteiger partial charge is 0.497 e. The molecule has 0 unspecified atom stereocenters. The normalized spacial score (nSPS) is 12.3. The maximum absolute atomic E-state index is 12.9. The average molecular weight is 388 g/mol. The van der Waals surface area contributed by atoms with E-state index in [0.717, 1.165) is 21.7 Å². The summed E-state index contributed by atoms with van der Waals surface area (Å²) in [6.07, 6.45) is 0. The molecule has 1 aromatic carbocycles. The number of carbonyl (C=O) groups is 1. The van der Waals surface area contributed by atoms with Crippen LogP contribution in [-0.4, -0.2) is 41.1 Å². The molecule has 0 spiro atoms. The van der Waals surface area contributed by atoms with Gasteiger partial charge in [-0.15, -0.1) is 0 Å². The Kier molecular flexibility index (Phi) is 5.76. The van der Waals surface area contributed by atoms with E-state index in [0.29, 0.717) is 23.6 Å². The van der Waals surface area contributed by atoms with Crippen LogP contribution in [0, 0.1) is 6.92 Å². The summed E-state index contributed by atoms with van der Waals surface area (Å²) in [5, 5.41) is 4.41. The summed E-state index contributed by atoms with van der Waals surface area (Å²) < 4.78 is 15.3. The molecule has 2 aromatic heterocycles. The van der Waals surface area contributed by atoms with Crippen LogP contribution in [0.25, 0.3) is 10.2 Å². The van der Waals surface area contributed by atoms with Gasteiger partial charge in [0.15, 0.2) is 4.80 Å². The van der Waals surface area contributed by atoms with Gasteiger partial charge in [-0.3, -0.25) is 9.48 Å². The second-order valence-corrected chi connectivity index (χ2v) is 7.50. The first-order valence-corrected chi connectivity index (χ1v) is 9.57. The number of carbonyl (C=O) groups excluding carboxylic acids is 1. The number of fused-ring (bicyclic) bond motifs is 1. The highest BCUT2D eigenvalue weighted by Crippen LogP contribution is 2.23. The van der Waals surface area contributed by atoms with Gasteiger partial charge in [0.2, 0.25) is 0 Å². The highest BCUT2D eigenvalue weighted by Gasteiger charge is 2.16. The fourth-order valence-corrected chi connectivity index (χ4v) is 3.96. The second kappa shape index (κ2) is 8.06. The number of methoxy groups -OCH3 is 2. The topological polar surface area (TPSA) is 70.6 Å². The Hall–Kier alpha value is -2.45. The smallest absolute Gasteiger partial charge is 0.297 e. The van der Waals surface area contributed by atoms with Gasteiger partial charge >= 0.3 is 0 Å². The van der Waals surface area contributed by atoms with Crippen LogP contribution in [0.5, 0.6) is 5.75 Å². The minimum absolute atomic E-state index is 0.0835. The molecule has 7 nitrogen and oxygen atoms in total. The summed E-state index contributed by atoms with van der Waals surface area (Å²) in [4.78, 5) is 17.9. The zero-order chi connectivity index (χ0) is 19.6. The van der Waals surface area contributed by atoms with Crippen LogP contribution in [0.2, 0.25) is 0 Å². The van der Waals surface area contributed by atoms with Gasteiger partial charge in [0.1, 0.15) is 11.4 Å². The van der Waals surface area contributed by atoms with E-state index in [1.807, 2.05) is 43.5 Å². The van der Waals surface area contributed by atoms with Crippen LogP contribution in [0.1, 0.15) is 36.1 Å². The summed E-state index contributed by atoms with van der Waals surface area (Å²) in [6.45, 7) is 7.00. The SMILES string of the molecule is COCCn1c(=NC(=O)c2cc(C)nn2C(C)C)sc2cc(OC)ccc21. The summed E-state index contributed by atoms with van der Waals surface area (Å²) in [5.41, 5.74) is 2.30. The molecule has 144 valence electrons. The molecule has 0 radical (unpaired) electrons. The molecule has 0 saturated heterocycles. The number of hydrogen-bond acceptors (Lipinski definition) is 5. The van der Waals surface area contributed by atoms with Gasteiger partial charge in [-0.25, -0.2) is 0 Å². The molecule has 0 aliphatic rings. The molecular formula is C19H24N4O3S. The van der Waals surface area contributed by atoms with Gasteiger partial charge in [0.05, 0.1) is 29.6 Å². The fourth-order valence-electron chi connectivity index (χ4n) is 2.88. The van der Waals surface area contributed by atoms with Crippen molar-refractivity contribution in [3.05, 3.63) is 40.5 Å². The van der Waals surface area contributed by atoms with Crippen LogP contribution < -0.4 is 9.54 Å². The fraction of sp³-hybridized carbons (Fsp3) is 0.421. The van der Waals surface area contributed by atoms with Gasteiger partial charge in [-0.1, -0.05) is 11.3 Å². The van der Waals surface area contributed by atoms with E-state index in [4.69, 9.17) is 9.47 Å². The number of hydrogen-bond donors (Lipinski definition) is 0. The summed E-state index contributed by atoms with van der Waals surface area (Å²) >= 11 is 1.46. The number of amides is 1. The van der Waals surface area contributed by atoms with Crippen molar-refractivity contribution in [1.29, 1.82) is 0 Å². The van der Waals surface area contributed by atoms with Gasteiger partial charge in [-0.05, 0) is 45.0 Å². The van der Waals surface area contributed by atoms with E-state index in [9.17, 15) is 4.79 Å². The average Bonchev–Trinajstić information content (AvgIpc) is 3.19. The molecule has 0 atom stereocenters. The number of benzene rings is 1. The maximum Gasteiger partial charge on any atom is 0.297 e. The number of aryl methyl sites for hydroxylation is 1. The second-order valence-electron chi connectivity index (χ2n) is 6.49. The van der Waals surface area contributed by atoms with Crippen LogP contribution in [-0.2, 0) is 11.3 Å². The Labute approximate surface area is 161 Å². The molecule has 0 N–H and O–H groups in total. The van der Waals surface area contributed by atoms with Crippen molar-refractivity contribution >= 4 is 27.5 Å².